The van der Waals surface area contributed by atoms with Crippen molar-refractivity contribution in [3.05, 3.63) is 101 Å². The normalized spacial score (nSPS) is 10.3. The maximum Gasteiger partial charge on any atom is 0.315 e. The van der Waals surface area contributed by atoms with Gasteiger partial charge >= 0.3 is 5.97 Å². The summed E-state index contributed by atoms with van der Waals surface area (Å²) in [6, 6.07) is 21.3. The zero-order chi connectivity index (χ0) is 17.6. The predicted octanol–water partition coefficient (Wildman–Crippen LogP) is 4.20. The van der Waals surface area contributed by atoms with Crippen molar-refractivity contribution in [2.75, 3.05) is 0 Å². The second-order valence-electron chi connectivity index (χ2n) is 5.46. The molecule has 4 heteroatoms. The van der Waals surface area contributed by atoms with Gasteiger partial charge in [0.15, 0.2) is 5.78 Å². The van der Waals surface area contributed by atoms with E-state index in [1.165, 1.54) is 12.1 Å². The van der Waals surface area contributed by atoms with Crippen molar-refractivity contribution < 1.29 is 18.7 Å². The van der Waals surface area contributed by atoms with Gasteiger partial charge in [-0.3, -0.25) is 9.59 Å². The van der Waals surface area contributed by atoms with Crippen molar-refractivity contribution in [2.45, 2.75) is 6.42 Å². The van der Waals surface area contributed by atoms with E-state index in [2.05, 4.69) is 0 Å². The van der Waals surface area contributed by atoms with Crippen LogP contribution in [0.4, 0.5) is 4.39 Å². The molecule has 0 saturated carbocycles. The predicted molar refractivity (Wildman–Crippen MR) is 92.1 cm³/mol. The number of carbonyl (C=O) groups excluding carboxylic acids is 2. The van der Waals surface area contributed by atoms with Gasteiger partial charge in [0.25, 0.3) is 0 Å². The van der Waals surface area contributed by atoms with E-state index < -0.39 is 11.8 Å². The standard InChI is InChI=1S/C21H15FO3/c22-19-9-5-4-8-17(19)14-20(23)25-18-12-10-16(11-13-18)21(24)15-6-2-1-3-7-15/h1-13H,14H2. The van der Waals surface area contributed by atoms with Gasteiger partial charge < -0.3 is 4.74 Å². The average Bonchev–Trinajstić information content (AvgIpc) is 2.64. The Bertz CT molecular complexity index is 887. The highest BCUT2D eigenvalue weighted by atomic mass is 19.1. The van der Waals surface area contributed by atoms with Crippen LogP contribution >= 0.6 is 0 Å². The number of ketones is 1. The molecule has 0 aliphatic rings. The van der Waals surface area contributed by atoms with Gasteiger partial charge in [0, 0.05) is 11.1 Å². The Balaban J connectivity index is 1.66. The second-order valence-corrected chi connectivity index (χ2v) is 5.46. The largest absolute Gasteiger partial charge is 0.426 e. The number of ether oxygens (including phenoxy) is 1. The van der Waals surface area contributed by atoms with Crippen LogP contribution in [-0.4, -0.2) is 11.8 Å². The highest BCUT2D eigenvalue weighted by Gasteiger charge is 2.12. The van der Waals surface area contributed by atoms with E-state index >= 15 is 0 Å². The first kappa shape index (κ1) is 16.6. The molecule has 0 aliphatic carbocycles. The van der Waals surface area contributed by atoms with Crippen LogP contribution in [-0.2, 0) is 11.2 Å². The molecule has 0 heterocycles. The first-order valence-corrected chi connectivity index (χ1v) is 7.77. The van der Waals surface area contributed by atoms with Crippen LogP contribution in [0.1, 0.15) is 21.5 Å². The van der Waals surface area contributed by atoms with Gasteiger partial charge in [-0.2, -0.15) is 0 Å². The quantitative estimate of drug-likeness (QED) is 0.399. The van der Waals surface area contributed by atoms with E-state index in [1.54, 1.807) is 60.7 Å². The number of benzene rings is 3. The van der Waals surface area contributed by atoms with E-state index in [4.69, 9.17) is 4.74 Å². The van der Waals surface area contributed by atoms with E-state index in [0.717, 1.165) is 0 Å². The van der Waals surface area contributed by atoms with Crippen molar-refractivity contribution in [3.8, 4) is 5.75 Å². The summed E-state index contributed by atoms with van der Waals surface area (Å²) < 4.78 is 18.7. The minimum Gasteiger partial charge on any atom is -0.426 e. The number of esters is 1. The van der Waals surface area contributed by atoms with Crippen LogP contribution in [0.25, 0.3) is 0 Å². The first-order valence-electron chi connectivity index (χ1n) is 7.77. The first-order chi connectivity index (χ1) is 12.1. The molecule has 0 bridgehead atoms. The van der Waals surface area contributed by atoms with Crippen molar-refractivity contribution in [2.24, 2.45) is 0 Å². The molecule has 0 spiro atoms. The molecule has 124 valence electrons. The Morgan fingerprint density at radius 3 is 2.04 bits per heavy atom. The lowest BCUT2D eigenvalue weighted by molar-refractivity contribution is -0.133. The van der Waals surface area contributed by atoms with Crippen LogP contribution < -0.4 is 4.74 Å². The van der Waals surface area contributed by atoms with Gasteiger partial charge in [-0.1, -0.05) is 48.5 Å². The minimum atomic E-state index is -0.563. The zero-order valence-electron chi connectivity index (χ0n) is 13.3. The lowest BCUT2D eigenvalue weighted by Crippen LogP contribution is -2.12. The third-order valence-electron chi connectivity index (χ3n) is 3.68. The van der Waals surface area contributed by atoms with E-state index in [1.807, 2.05) is 6.07 Å². The molecule has 0 fully saturated rings. The number of halogens is 1. The number of rotatable bonds is 5. The van der Waals surface area contributed by atoms with Crippen LogP contribution in [0.3, 0.4) is 0 Å². The van der Waals surface area contributed by atoms with Gasteiger partial charge in [-0.05, 0) is 35.9 Å². The minimum absolute atomic E-state index is 0.107. The van der Waals surface area contributed by atoms with E-state index in [0.29, 0.717) is 16.9 Å². The Labute approximate surface area is 144 Å². The van der Waals surface area contributed by atoms with E-state index in [-0.39, 0.29) is 17.8 Å². The molecular weight excluding hydrogens is 319 g/mol. The second kappa shape index (κ2) is 7.53. The third-order valence-corrected chi connectivity index (χ3v) is 3.68. The fourth-order valence-corrected chi connectivity index (χ4v) is 2.40. The smallest absolute Gasteiger partial charge is 0.315 e. The van der Waals surface area contributed by atoms with Crippen molar-refractivity contribution in [3.63, 3.8) is 0 Å². The lowest BCUT2D eigenvalue weighted by Gasteiger charge is -2.06. The summed E-state index contributed by atoms with van der Waals surface area (Å²) in [6.45, 7) is 0. The van der Waals surface area contributed by atoms with Crippen LogP contribution in [0.2, 0.25) is 0 Å². The summed E-state index contributed by atoms with van der Waals surface area (Å²) in [7, 11) is 0. The van der Waals surface area contributed by atoms with Gasteiger partial charge in [0.05, 0.1) is 6.42 Å². The van der Waals surface area contributed by atoms with Gasteiger partial charge in [-0.25, -0.2) is 4.39 Å². The Morgan fingerprint density at radius 2 is 1.36 bits per heavy atom. The molecule has 0 unspecified atom stereocenters. The summed E-state index contributed by atoms with van der Waals surface area (Å²) in [5.74, 6) is -0.800. The van der Waals surface area contributed by atoms with Crippen LogP contribution in [0.15, 0.2) is 78.9 Å². The highest BCUT2D eigenvalue weighted by molar-refractivity contribution is 6.09. The average molecular weight is 334 g/mol. The molecule has 3 rings (SSSR count). The maximum absolute atomic E-state index is 13.5. The molecule has 3 nitrogen and oxygen atoms in total. The monoisotopic (exact) mass is 334 g/mol. The Kier molecular flexibility index (Phi) is 5.00. The fourth-order valence-electron chi connectivity index (χ4n) is 2.40. The molecule has 3 aromatic carbocycles. The lowest BCUT2D eigenvalue weighted by atomic mass is 10.0. The molecule has 0 aliphatic heterocycles. The van der Waals surface area contributed by atoms with E-state index in [9.17, 15) is 14.0 Å². The molecule has 0 N–H and O–H groups in total. The number of hydrogen-bond donors (Lipinski definition) is 0. The number of hydrogen-bond acceptors (Lipinski definition) is 3. The molecule has 0 radical (unpaired) electrons. The summed E-state index contributed by atoms with van der Waals surface area (Å²) >= 11 is 0. The maximum atomic E-state index is 13.5. The van der Waals surface area contributed by atoms with Crippen molar-refractivity contribution >= 4 is 11.8 Å². The molecule has 3 aromatic rings. The van der Waals surface area contributed by atoms with Gasteiger partial charge in [0.2, 0.25) is 0 Å². The summed E-state index contributed by atoms with van der Waals surface area (Å²) in [4.78, 5) is 24.2. The van der Waals surface area contributed by atoms with Gasteiger partial charge in [0.1, 0.15) is 11.6 Å². The third kappa shape index (κ3) is 4.18. The SMILES string of the molecule is O=C(Cc1ccccc1F)Oc1ccc(C(=O)c2ccccc2)cc1. The number of carbonyl (C=O) groups is 2. The molecule has 0 amide bonds. The molecule has 25 heavy (non-hydrogen) atoms. The van der Waals surface area contributed by atoms with Crippen LogP contribution in [0.5, 0.6) is 5.75 Å². The molecule has 0 atom stereocenters. The van der Waals surface area contributed by atoms with Gasteiger partial charge in [-0.15, -0.1) is 0 Å². The fraction of sp³-hybridized carbons (Fsp3) is 0.0476. The van der Waals surface area contributed by atoms with Crippen molar-refractivity contribution in [1.82, 2.24) is 0 Å². The van der Waals surface area contributed by atoms with Crippen molar-refractivity contribution in [1.29, 1.82) is 0 Å². The highest BCUT2D eigenvalue weighted by Crippen LogP contribution is 2.17. The Hall–Kier alpha value is -3.27. The summed E-state index contributed by atoms with van der Waals surface area (Å²) in [5.41, 5.74) is 1.37. The molecule has 0 saturated heterocycles. The molecule has 0 aromatic heterocycles. The summed E-state index contributed by atoms with van der Waals surface area (Å²) in [5, 5.41) is 0. The molecular formula is C21H15FO3. The summed E-state index contributed by atoms with van der Waals surface area (Å²) in [6.07, 6.45) is -0.155. The van der Waals surface area contributed by atoms with Crippen LogP contribution in [0, 0.1) is 5.82 Å². The topological polar surface area (TPSA) is 43.4 Å². The Morgan fingerprint density at radius 1 is 0.760 bits per heavy atom. The zero-order valence-corrected chi connectivity index (χ0v) is 13.3.